The number of ether oxygens (including phenoxy) is 1. The van der Waals surface area contributed by atoms with Gasteiger partial charge in [0.1, 0.15) is 12.1 Å². The SMILES string of the molecule is CC(C)(C)OC(=O)NCC(=O)N=C1SC2CS(=O)(=O)CC2N1Cc1ccccc1Cl. The second-order valence-corrected chi connectivity index (χ2v) is 11.9. The average Bonchev–Trinajstić information content (AvgIpc) is 3.06. The van der Waals surface area contributed by atoms with E-state index in [2.05, 4.69) is 10.3 Å². The van der Waals surface area contributed by atoms with Gasteiger partial charge in [-0.05, 0) is 32.4 Å². The number of carbonyl (C=O) groups is 2. The highest BCUT2D eigenvalue weighted by molar-refractivity contribution is 8.15. The van der Waals surface area contributed by atoms with Crippen molar-refractivity contribution in [1.82, 2.24) is 10.2 Å². The number of hydrogen-bond donors (Lipinski definition) is 1. The largest absolute Gasteiger partial charge is 0.444 e. The number of amides is 2. The van der Waals surface area contributed by atoms with Gasteiger partial charge in [-0.2, -0.15) is 4.99 Å². The molecule has 2 aliphatic heterocycles. The summed E-state index contributed by atoms with van der Waals surface area (Å²) >= 11 is 7.55. The van der Waals surface area contributed by atoms with Crippen LogP contribution in [0.2, 0.25) is 5.02 Å². The van der Waals surface area contributed by atoms with Crippen LogP contribution in [0.1, 0.15) is 26.3 Å². The first-order valence-electron chi connectivity index (χ1n) is 9.39. The molecule has 1 aromatic rings. The number of hydrogen-bond acceptors (Lipinski definition) is 6. The lowest BCUT2D eigenvalue weighted by molar-refractivity contribution is -0.117. The summed E-state index contributed by atoms with van der Waals surface area (Å²) in [5.74, 6) is -0.487. The second kappa shape index (κ2) is 8.76. The number of alkyl carbamates (subject to hydrolysis) is 1. The Balaban J connectivity index is 1.74. The van der Waals surface area contributed by atoms with E-state index in [1.54, 1.807) is 26.8 Å². The number of nitrogens with zero attached hydrogens (tertiary/aromatic N) is 2. The molecule has 164 valence electrons. The number of halogens is 1. The molecule has 2 fully saturated rings. The van der Waals surface area contributed by atoms with Crippen molar-refractivity contribution < 1.29 is 22.7 Å². The molecule has 8 nitrogen and oxygen atoms in total. The van der Waals surface area contributed by atoms with E-state index in [9.17, 15) is 18.0 Å². The number of amidine groups is 1. The molecule has 0 aliphatic carbocycles. The molecule has 0 bridgehead atoms. The minimum Gasteiger partial charge on any atom is -0.444 e. The van der Waals surface area contributed by atoms with Gasteiger partial charge in [0.25, 0.3) is 5.91 Å². The van der Waals surface area contributed by atoms with Crippen LogP contribution in [-0.4, -0.2) is 65.4 Å². The topological polar surface area (TPSA) is 105 Å². The van der Waals surface area contributed by atoms with Crippen LogP contribution in [-0.2, 0) is 25.9 Å². The summed E-state index contributed by atoms with van der Waals surface area (Å²) in [6.45, 7) is 5.21. The standard InChI is InChI=1S/C19H24ClN3O5S2/c1-19(2,3)28-18(25)21-8-16(24)22-17-23(9-12-6-4-5-7-13(12)20)14-10-30(26,27)11-15(14)29-17/h4-7,14-15H,8-11H2,1-3H3,(H,21,25). The van der Waals surface area contributed by atoms with Gasteiger partial charge >= 0.3 is 6.09 Å². The number of aliphatic imine (C=N–C) groups is 1. The van der Waals surface area contributed by atoms with Gasteiger partial charge in [0, 0.05) is 16.8 Å². The molecule has 3 rings (SSSR count). The smallest absolute Gasteiger partial charge is 0.408 e. The molecule has 0 aromatic heterocycles. The molecule has 2 amide bonds. The fourth-order valence-corrected chi connectivity index (χ4v) is 7.40. The third-order valence-electron chi connectivity index (χ3n) is 4.48. The van der Waals surface area contributed by atoms with Crippen molar-refractivity contribution in [2.24, 2.45) is 4.99 Å². The Hall–Kier alpha value is -1.78. The first-order chi connectivity index (χ1) is 13.9. The Morgan fingerprint density at radius 3 is 2.67 bits per heavy atom. The Morgan fingerprint density at radius 2 is 2.00 bits per heavy atom. The first kappa shape index (κ1) is 22.9. The lowest BCUT2D eigenvalue weighted by Gasteiger charge is -2.25. The van der Waals surface area contributed by atoms with E-state index in [4.69, 9.17) is 16.3 Å². The number of fused-ring (bicyclic) bond motifs is 1. The molecule has 2 saturated heterocycles. The molecular weight excluding hydrogens is 450 g/mol. The fraction of sp³-hybridized carbons (Fsp3) is 0.526. The van der Waals surface area contributed by atoms with Gasteiger partial charge in [-0.25, -0.2) is 13.2 Å². The van der Waals surface area contributed by atoms with E-state index in [0.29, 0.717) is 16.7 Å². The van der Waals surface area contributed by atoms with Gasteiger partial charge in [-0.15, -0.1) is 0 Å². The number of nitrogens with one attached hydrogen (secondary N) is 1. The summed E-state index contributed by atoms with van der Waals surface area (Å²) in [6, 6.07) is 7.00. The van der Waals surface area contributed by atoms with Crippen molar-refractivity contribution in [3.63, 3.8) is 0 Å². The molecule has 2 aliphatic rings. The molecule has 1 N–H and O–H groups in total. The van der Waals surface area contributed by atoms with Crippen molar-refractivity contribution in [2.45, 2.75) is 44.2 Å². The zero-order chi connectivity index (χ0) is 22.1. The van der Waals surface area contributed by atoms with Crippen LogP contribution in [0.5, 0.6) is 0 Å². The summed E-state index contributed by atoms with van der Waals surface area (Å²) in [4.78, 5) is 30.0. The first-order valence-corrected chi connectivity index (χ1v) is 12.5. The number of thioether (sulfide) groups is 1. The third kappa shape index (κ3) is 5.89. The molecule has 0 saturated carbocycles. The summed E-state index contributed by atoms with van der Waals surface area (Å²) in [5, 5.41) is 3.20. The average molecular weight is 474 g/mol. The second-order valence-electron chi connectivity index (χ2n) is 8.16. The van der Waals surface area contributed by atoms with Crippen molar-refractivity contribution in [3.05, 3.63) is 34.9 Å². The van der Waals surface area contributed by atoms with Crippen molar-refractivity contribution in [2.75, 3.05) is 18.1 Å². The fourth-order valence-electron chi connectivity index (χ4n) is 3.24. The van der Waals surface area contributed by atoms with Crippen LogP contribution in [0.4, 0.5) is 4.79 Å². The Morgan fingerprint density at radius 1 is 1.30 bits per heavy atom. The van der Waals surface area contributed by atoms with Crippen LogP contribution in [0.25, 0.3) is 0 Å². The van der Waals surface area contributed by atoms with E-state index >= 15 is 0 Å². The monoisotopic (exact) mass is 473 g/mol. The lowest BCUT2D eigenvalue weighted by Crippen LogP contribution is -2.38. The van der Waals surface area contributed by atoms with Gasteiger partial charge in [0.15, 0.2) is 15.0 Å². The van der Waals surface area contributed by atoms with Crippen LogP contribution >= 0.6 is 23.4 Å². The van der Waals surface area contributed by atoms with Gasteiger partial charge in [-0.3, -0.25) is 4.79 Å². The molecule has 0 spiro atoms. The Labute approximate surface area is 185 Å². The van der Waals surface area contributed by atoms with E-state index in [1.807, 2.05) is 23.1 Å². The Kier molecular flexibility index (Phi) is 6.69. The van der Waals surface area contributed by atoms with Gasteiger partial charge < -0.3 is 15.0 Å². The molecule has 11 heteroatoms. The number of benzene rings is 1. The third-order valence-corrected chi connectivity index (χ3v) is 8.09. The van der Waals surface area contributed by atoms with Crippen LogP contribution in [0.3, 0.4) is 0 Å². The molecule has 1 aromatic carbocycles. The predicted molar refractivity (Wildman–Crippen MR) is 117 cm³/mol. The number of rotatable bonds is 4. The maximum absolute atomic E-state index is 12.3. The zero-order valence-electron chi connectivity index (χ0n) is 16.9. The van der Waals surface area contributed by atoms with Crippen molar-refractivity contribution in [1.29, 1.82) is 0 Å². The van der Waals surface area contributed by atoms with E-state index in [-0.39, 0.29) is 29.3 Å². The quantitative estimate of drug-likeness (QED) is 0.716. The number of carbonyl (C=O) groups excluding carboxylic acids is 2. The highest BCUT2D eigenvalue weighted by Crippen LogP contribution is 2.39. The lowest BCUT2D eigenvalue weighted by atomic mass is 10.1. The highest BCUT2D eigenvalue weighted by atomic mass is 35.5. The molecule has 2 atom stereocenters. The number of sulfone groups is 1. The van der Waals surface area contributed by atoms with Crippen molar-refractivity contribution >= 4 is 50.4 Å². The van der Waals surface area contributed by atoms with Crippen molar-refractivity contribution in [3.8, 4) is 0 Å². The van der Waals surface area contributed by atoms with Gasteiger partial charge in [0.05, 0.1) is 17.5 Å². The predicted octanol–water partition coefficient (Wildman–Crippen LogP) is 2.46. The Bertz CT molecular complexity index is 975. The van der Waals surface area contributed by atoms with Crippen LogP contribution in [0, 0.1) is 0 Å². The maximum atomic E-state index is 12.3. The van der Waals surface area contributed by atoms with E-state index in [0.717, 1.165) is 5.56 Å². The van der Waals surface area contributed by atoms with Crippen LogP contribution < -0.4 is 5.32 Å². The van der Waals surface area contributed by atoms with E-state index < -0.39 is 27.4 Å². The molecule has 2 unspecified atom stereocenters. The summed E-state index contributed by atoms with van der Waals surface area (Å²) in [5.41, 5.74) is 0.145. The summed E-state index contributed by atoms with van der Waals surface area (Å²) in [6.07, 6.45) is -0.703. The zero-order valence-corrected chi connectivity index (χ0v) is 19.3. The normalized spacial score (nSPS) is 24.0. The van der Waals surface area contributed by atoms with Crippen LogP contribution in [0.15, 0.2) is 29.3 Å². The van der Waals surface area contributed by atoms with E-state index in [1.165, 1.54) is 11.8 Å². The molecule has 0 radical (unpaired) electrons. The summed E-state index contributed by atoms with van der Waals surface area (Å²) in [7, 11) is -3.14. The molecular formula is C19H24ClN3O5S2. The summed E-state index contributed by atoms with van der Waals surface area (Å²) < 4.78 is 29.3. The minimum atomic E-state index is -3.14. The highest BCUT2D eigenvalue weighted by Gasteiger charge is 2.48. The molecule has 30 heavy (non-hydrogen) atoms. The molecule has 2 heterocycles. The van der Waals surface area contributed by atoms with Gasteiger partial charge in [-0.1, -0.05) is 41.6 Å². The van der Waals surface area contributed by atoms with Gasteiger partial charge in [0.2, 0.25) is 0 Å². The minimum absolute atomic E-state index is 0.0124. The maximum Gasteiger partial charge on any atom is 0.408 e.